The first-order valence-corrected chi connectivity index (χ1v) is 7.77. The van der Waals surface area contributed by atoms with Gasteiger partial charge in [-0.25, -0.2) is 0 Å². The summed E-state index contributed by atoms with van der Waals surface area (Å²) in [6.45, 7) is 0. The number of hydrogen-bond acceptors (Lipinski definition) is 2. The number of carbonyl (C=O) groups is 2. The molecular formula is C19H14F3NO3. The van der Waals surface area contributed by atoms with E-state index in [0.717, 1.165) is 12.1 Å². The SMILES string of the molecule is O=C(CC(C(=O)O)c1c[nH]c2ccccc12)c1ccccc1C(F)(F)F. The lowest BCUT2D eigenvalue weighted by Crippen LogP contribution is -2.19. The van der Waals surface area contributed by atoms with Gasteiger partial charge in [0.15, 0.2) is 5.78 Å². The van der Waals surface area contributed by atoms with E-state index in [-0.39, 0.29) is 0 Å². The third-order valence-corrected chi connectivity index (χ3v) is 4.22. The van der Waals surface area contributed by atoms with E-state index >= 15 is 0 Å². The molecule has 2 aromatic carbocycles. The Hall–Kier alpha value is -3.09. The molecule has 0 aliphatic heterocycles. The van der Waals surface area contributed by atoms with Gasteiger partial charge in [-0.1, -0.05) is 36.4 Å². The molecule has 0 spiro atoms. The molecule has 0 aliphatic carbocycles. The fourth-order valence-corrected chi connectivity index (χ4v) is 2.98. The number of halogens is 3. The molecule has 1 heterocycles. The zero-order valence-electron chi connectivity index (χ0n) is 13.4. The molecule has 1 aromatic heterocycles. The Labute approximate surface area is 146 Å². The number of aliphatic carboxylic acids is 1. The van der Waals surface area contributed by atoms with Gasteiger partial charge >= 0.3 is 12.1 Å². The van der Waals surface area contributed by atoms with Gasteiger partial charge in [-0.2, -0.15) is 13.2 Å². The van der Waals surface area contributed by atoms with E-state index in [4.69, 9.17) is 0 Å². The number of carbonyl (C=O) groups excluding carboxylic acids is 1. The second kappa shape index (κ2) is 6.67. The smallest absolute Gasteiger partial charge is 0.417 e. The number of ketones is 1. The van der Waals surface area contributed by atoms with Crippen LogP contribution in [-0.4, -0.2) is 21.8 Å². The van der Waals surface area contributed by atoms with Crippen molar-refractivity contribution in [2.75, 3.05) is 0 Å². The summed E-state index contributed by atoms with van der Waals surface area (Å²) >= 11 is 0. The number of hydrogen-bond donors (Lipinski definition) is 2. The fraction of sp³-hybridized carbons (Fsp3) is 0.158. The number of carboxylic acid groups (broad SMARTS) is 1. The third kappa shape index (κ3) is 3.33. The summed E-state index contributed by atoms with van der Waals surface area (Å²) in [4.78, 5) is 27.1. The van der Waals surface area contributed by atoms with Gasteiger partial charge in [0.2, 0.25) is 0 Å². The summed E-state index contributed by atoms with van der Waals surface area (Å²) in [5, 5.41) is 10.2. The molecule has 4 nitrogen and oxygen atoms in total. The highest BCUT2D eigenvalue weighted by Gasteiger charge is 2.36. The molecular weight excluding hydrogens is 347 g/mol. The van der Waals surface area contributed by atoms with Gasteiger partial charge in [0, 0.05) is 29.1 Å². The molecule has 0 saturated heterocycles. The van der Waals surface area contributed by atoms with Crippen molar-refractivity contribution in [2.45, 2.75) is 18.5 Å². The summed E-state index contributed by atoms with van der Waals surface area (Å²) in [5.41, 5.74) is -0.526. The number of benzene rings is 2. The molecule has 1 atom stereocenters. The van der Waals surface area contributed by atoms with Crippen LogP contribution < -0.4 is 0 Å². The highest BCUT2D eigenvalue weighted by molar-refractivity contribution is 6.01. The number of Topliss-reactive ketones (excluding diaryl/α,β-unsaturated/α-hetero) is 1. The van der Waals surface area contributed by atoms with E-state index in [2.05, 4.69) is 4.98 Å². The quantitative estimate of drug-likeness (QED) is 0.651. The Morgan fingerprint density at radius 1 is 1.04 bits per heavy atom. The Bertz CT molecular complexity index is 975. The second-order valence-electron chi connectivity index (χ2n) is 5.85. The molecule has 0 amide bonds. The minimum atomic E-state index is -4.69. The summed E-state index contributed by atoms with van der Waals surface area (Å²) in [6.07, 6.45) is -3.78. The number of rotatable bonds is 5. The zero-order valence-corrected chi connectivity index (χ0v) is 13.4. The molecule has 7 heteroatoms. The topological polar surface area (TPSA) is 70.2 Å². The van der Waals surface area contributed by atoms with E-state index < -0.39 is 41.4 Å². The maximum absolute atomic E-state index is 13.1. The van der Waals surface area contributed by atoms with Crippen LogP contribution in [0, 0.1) is 0 Å². The normalized spacial score (nSPS) is 12.9. The average molecular weight is 361 g/mol. The first-order chi connectivity index (χ1) is 12.3. The van der Waals surface area contributed by atoms with Gasteiger partial charge in [0.05, 0.1) is 11.5 Å². The summed E-state index contributed by atoms with van der Waals surface area (Å²) in [7, 11) is 0. The number of alkyl halides is 3. The average Bonchev–Trinajstić information content (AvgIpc) is 3.02. The number of H-pyrrole nitrogens is 1. The monoisotopic (exact) mass is 361 g/mol. The number of aromatic nitrogens is 1. The molecule has 26 heavy (non-hydrogen) atoms. The standard InChI is InChI=1S/C19H14F3NO3/c20-19(21,22)15-7-3-1-6-12(15)17(24)9-13(18(25)26)14-10-23-16-8-4-2-5-11(14)16/h1-8,10,13,23H,9H2,(H,25,26). The number of aromatic amines is 1. The van der Waals surface area contributed by atoms with Crippen molar-refractivity contribution in [2.24, 2.45) is 0 Å². The first-order valence-electron chi connectivity index (χ1n) is 7.77. The predicted molar refractivity (Wildman–Crippen MR) is 89.1 cm³/mol. The lowest BCUT2D eigenvalue weighted by Gasteiger charge is -2.14. The van der Waals surface area contributed by atoms with Crippen molar-refractivity contribution >= 4 is 22.7 Å². The number of carboxylic acids is 1. The molecule has 0 aliphatic rings. The van der Waals surface area contributed by atoms with E-state index in [9.17, 15) is 27.9 Å². The van der Waals surface area contributed by atoms with Crippen molar-refractivity contribution in [3.8, 4) is 0 Å². The van der Waals surface area contributed by atoms with Crippen LogP contribution >= 0.6 is 0 Å². The minimum absolute atomic E-state index is 0.367. The minimum Gasteiger partial charge on any atom is -0.481 e. The van der Waals surface area contributed by atoms with Crippen LogP contribution in [0.4, 0.5) is 13.2 Å². The summed E-state index contributed by atoms with van der Waals surface area (Å²) < 4.78 is 39.3. The molecule has 0 bridgehead atoms. The molecule has 3 rings (SSSR count). The maximum Gasteiger partial charge on any atom is 0.417 e. The number of fused-ring (bicyclic) bond motifs is 1. The van der Waals surface area contributed by atoms with Gasteiger partial charge in [-0.05, 0) is 17.7 Å². The van der Waals surface area contributed by atoms with Crippen LogP contribution in [0.3, 0.4) is 0 Å². The molecule has 1 unspecified atom stereocenters. The van der Waals surface area contributed by atoms with Crippen molar-refractivity contribution in [1.29, 1.82) is 0 Å². The van der Waals surface area contributed by atoms with Gasteiger partial charge in [-0.3, -0.25) is 9.59 Å². The molecule has 2 N–H and O–H groups in total. The second-order valence-corrected chi connectivity index (χ2v) is 5.85. The highest BCUT2D eigenvalue weighted by Crippen LogP contribution is 2.34. The summed E-state index contributed by atoms with van der Waals surface area (Å²) in [5.74, 6) is -3.39. The van der Waals surface area contributed by atoms with E-state index in [0.29, 0.717) is 16.5 Å². The van der Waals surface area contributed by atoms with Crippen LogP contribution in [0.2, 0.25) is 0 Å². The Kier molecular flexibility index (Phi) is 4.54. The van der Waals surface area contributed by atoms with E-state index in [1.54, 1.807) is 24.3 Å². The maximum atomic E-state index is 13.1. The van der Waals surface area contributed by atoms with Gasteiger partial charge in [0.25, 0.3) is 0 Å². The van der Waals surface area contributed by atoms with Crippen LogP contribution in [0.15, 0.2) is 54.7 Å². The van der Waals surface area contributed by atoms with Crippen molar-refractivity contribution in [3.63, 3.8) is 0 Å². The lowest BCUT2D eigenvalue weighted by atomic mass is 9.90. The largest absolute Gasteiger partial charge is 0.481 e. The number of para-hydroxylation sites is 1. The van der Waals surface area contributed by atoms with Crippen LogP contribution in [0.5, 0.6) is 0 Å². The van der Waals surface area contributed by atoms with E-state index in [1.165, 1.54) is 18.3 Å². The summed E-state index contributed by atoms with van der Waals surface area (Å²) in [6, 6.07) is 11.3. The third-order valence-electron chi connectivity index (χ3n) is 4.22. The fourth-order valence-electron chi connectivity index (χ4n) is 2.98. The van der Waals surface area contributed by atoms with Crippen molar-refractivity contribution in [1.82, 2.24) is 4.98 Å². The number of nitrogens with one attached hydrogen (secondary N) is 1. The molecule has 3 aromatic rings. The van der Waals surface area contributed by atoms with Crippen molar-refractivity contribution < 1.29 is 27.9 Å². The van der Waals surface area contributed by atoms with Crippen LogP contribution in [0.1, 0.15) is 33.8 Å². The van der Waals surface area contributed by atoms with Gasteiger partial charge < -0.3 is 10.1 Å². The molecule has 134 valence electrons. The van der Waals surface area contributed by atoms with Gasteiger partial charge in [-0.15, -0.1) is 0 Å². The van der Waals surface area contributed by atoms with Crippen LogP contribution in [-0.2, 0) is 11.0 Å². The van der Waals surface area contributed by atoms with Gasteiger partial charge in [0.1, 0.15) is 0 Å². The van der Waals surface area contributed by atoms with Crippen molar-refractivity contribution in [3.05, 3.63) is 71.4 Å². The zero-order chi connectivity index (χ0) is 18.9. The molecule has 0 fully saturated rings. The Balaban J connectivity index is 1.98. The first kappa shape index (κ1) is 17.7. The molecule has 0 radical (unpaired) electrons. The Morgan fingerprint density at radius 3 is 2.38 bits per heavy atom. The predicted octanol–water partition coefficient (Wildman–Crippen LogP) is 4.63. The van der Waals surface area contributed by atoms with E-state index in [1.807, 2.05) is 0 Å². The highest BCUT2D eigenvalue weighted by atomic mass is 19.4. The lowest BCUT2D eigenvalue weighted by molar-refractivity contribution is -0.138. The van der Waals surface area contributed by atoms with Crippen LogP contribution in [0.25, 0.3) is 10.9 Å². The molecule has 0 saturated carbocycles. The Morgan fingerprint density at radius 2 is 1.69 bits per heavy atom.